The van der Waals surface area contributed by atoms with Gasteiger partial charge in [-0.05, 0) is 22.0 Å². The van der Waals surface area contributed by atoms with Crippen molar-refractivity contribution in [2.75, 3.05) is 0 Å². The van der Waals surface area contributed by atoms with Crippen LogP contribution >= 0.6 is 15.9 Å². The zero-order valence-electron chi connectivity index (χ0n) is 5.71. The number of hydrogen-bond donors (Lipinski definition) is 1. The van der Waals surface area contributed by atoms with Gasteiger partial charge in [0.05, 0.1) is 0 Å². The number of benzene rings is 1. The van der Waals surface area contributed by atoms with Crippen LogP contribution in [0.2, 0.25) is 0 Å². The summed E-state index contributed by atoms with van der Waals surface area (Å²) in [6, 6.07) is 5.40. The molecule has 1 radical (unpaired) electrons. The second-order valence-electron chi connectivity index (χ2n) is 1.98. The van der Waals surface area contributed by atoms with Crippen LogP contribution in [0.5, 0.6) is 0 Å². The van der Waals surface area contributed by atoms with Gasteiger partial charge in [-0.3, -0.25) is 0 Å². The second-order valence-corrected chi connectivity index (χ2v) is 2.83. The van der Waals surface area contributed by atoms with E-state index in [-0.39, 0.29) is 0 Å². The third kappa shape index (κ3) is 1.62. The van der Waals surface area contributed by atoms with Crippen molar-refractivity contribution >= 4 is 15.9 Å². The van der Waals surface area contributed by atoms with E-state index in [9.17, 15) is 0 Å². The Hall–Kier alpha value is -0.780. The van der Waals surface area contributed by atoms with Crippen molar-refractivity contribution in [3.63, 3.8) is 0 Å². The summed E-state index contributed by atoms with van der Waals surface area (Å²) in [6.45, 7) is 1.000. The maximum Gasteiger partial charge on any atom is 0.110 e. The van der Waals surface area contributed by atoms with Gasteiger partial charge < -0.3 is 5.11 Å². The van der Waals surface area contributed by atoms with Gasteiger partial charge >= 0.3 is 0 Å². The Balaban J connectivity index is 3.27. The molecule has 0 spiro atoms. The summed E-state index contributed by atoms with van der Waals surface area (Å²) in [5.74, 6) is 2.48. The molecule has 0 saturated heterocycles. The molecule has 0 heterocycles. The SMILES string of the molecule is C#Cc1c(Br)cccc1[CH]O. The summed E-state index contributed by atoms with van der Waals surface area (Å²) in [6.07, 6.45) is 5.22. The van der Waals surface area contributed by atoms with Crippen LogP contribution < -0.4 is 0 Å². The molecule has 1 aromatic rings. The maximum absolute atomic E-state index is 8.73. The molecule has 0 fully saturated rings. The monoisotopic (exact) mass is 209 g/mol. The number of terminal acetylenes is 1. The highest BCUT2D eigenvalue weighted by Gasteiger charge is 2.01. The van der Waals surface area contributed by atoms with Crippen molar-refractivity contribution in [2.24, 2.45) is 0 Å². The first-order valence-electron chi connectivity index (χ1n) is 3.02. The van der Waals surface area contributed by atoms with E-state index in [2.05, 4.69) is 21.9 Å². The molecule has 1 aromatic carbocycles. The zero-order valence-corrected chi connectivity index (χ0v) is 7.30. The topological polar surface area (TPSA) is 20.2 Å². The molecule has 0 atom stereocenters. The number of rotatable bonds is 1. The molecule has 0 aromatic heterocycles. The quantitative estimate of drug-likeness (QED) is 0.705. The number of hydrogen-bond acceptors (Lipinski definition) is 1. The predicted molar refractivity (Wildman–Crippen MR) is 47.4 cm³/mol. The van der Waals surface area contributed by atoms with Crippen molar-refractivity contribution in [3.8, 4) is 12.3 Å². The van der Waals surface area contributed by atoms with Crippen LogP contribution in [-0.2, 0) is 0 Å². The predicted octanol–water partition coefficient (Wildman–Crippen LogP) is 2.31. The van der Waals surface area contributed by atoms with Gasteiger partial charge in [0.2, 0.25) is 0 Å². The van der Waals surface area contributed by atoms with Crippen LogP contribution in [0.3, 0.4) is 0 Å². The average Bonchev–Trinajstić information content (AvgIpc) is 2.04. The van der Waals surface area contributed by atoms with E-state index in [4.69, 9.17) is 11.5 Å². The van der Waals surface area contributed by atoms with Crippen LogP contribution in [0.25, 0.3) is 0 Å². The standard InChI is InChI=1S/C9H6BrO/c1-2-8-7(6-11)4-3-5-9(8)10/h1,3-6,11H. The molecule has 0 unspecified atom stereocenters. The first kappa shape index (κ1) is 8.32. The first-order valence-corrected chi connectivity index (χ1v) is 3.81. The van der Waals surface area contributed by atoms with Crippen LogP contribution in [0.15, 0.2) is 22.7 Å². The summed E-state index contributed by atoms with van der Waals surface area (Å²) in [4.78, 5) is 0. The highest BCUT2D eigenvalue weighted by atomic mass is 79.9. The normalized spacial score (nSPS) is 9.18. The highest BCUT2D eigenvalue weighted by Crippen LogP contribution is 2.19. The summed E-state index contributed by atoms with van der Waals surface area (Å²) >= 11 is 3.27. The summed E-state index contributed by atoms with van der Waals surface area (Å²) in [5, 5.41) is 8.73. The van der Waals surface area contributed by atoms with Gasteiger partial charge in [0.25, 0.3) is 0 Å². The number of halogens is 1. The third-order valence-corrected chi connectivity index (χ3v) is 1.99. The van der Waals surface area contributed by atoms with Crippen molar-refractivity contribution in [2.45, 2.75) is 0 Å². The molecule has 1 nitrogen and oxygen atoms in total. The van der Waals surface area contributed by atoms with Gasteiger partial charge in [0.1, 0.15) is 6.61 Å². The smallest absolute Gasteiger partial charge is 0.110 e. The van der Waals surface area contributed by atoms with E-state index in [1.165, 1.54) is 0 Å². The van der Waals surface area contributed by atoms with Gasteiger partial charge in [-0.1, -0.05) is 18.1 Å². The van der Waals surface area contributed by atoms with Gasteiger partial charge in [-0.25, -0.2) is 0 Å². The van der Waals surface area contributed by atoms with E-state index in [1.54, 1.807) is 6.07 Å². The Kier molecular flexibility index (Phi) is 2.70. The van der Waals surface area contributed by atoms with Gasteiger partial charge in [-0.2, -0.15) is 0 Å². The molecule has 11 heavy (non-hydrogen) atoms. The lowest BCUT2D eigenvalue weighted by Gasteiger charge is -2.00. The Labute approximate surface area is 74.2 Å². The lowest BCUT2D eigenvalue weighted by molar-refractivity contribution is 0.414. The lowest BCUT2D eigenvalue weighted by atomic mass is 10.1. The van der Waals surface area contributed by atoms with Crippen LogP contribution in [-0.4, -0.2) is 5.11 Å². The summed E-state index contributed by atoms with van der Waals surface area (Å²) < 4.78 is 0.822. The van der Waals surface area contributed by atoms with E-state index < -0.39 is 0 Å². The largest absolute Gasteiger partial charge is 0.385 e. The minimum Gasteiger partial charge on any atom is -0.385 e. The van der Waals surface area contributed by atoms with Crippen LogP contribution in [0, 0.1) is 19.0 Å². The first-order chi connectivity index (χ1) is 5.29. The van der Waals surface area contributed by atoms with E-state index in [1.807, 2.05) is 12.1 Å². The van der Waals surface area contributed by atoms with Crippen LogP contribution in [0.4, 0.5) is 0 Å². The maximum atomic E-state index is 8.73. The molecule has 55 valence electrons. The lowest BCUT2D eigenvalue weighted by Crippen LogP contribution is -1.87. The van der Waals surface area contributed by atoms with Crippen molar-refractivity contribution in [1.82, 2.24) is 0 Å². The minimum atomic E-state index is 0.655. The molecular formula is C9H6BrO. The van der Waals surface area contributed by atoms with Crippen molar-refractivity contribution < 1.29 is 5.11 Å². The molecule has 1 N–H and O–H groups in total. The van der Waals surface area contributed by atoms with Crippen LogP contribution in [0.1, 0.15) is 11.1 Å². The zero-order chi connectivity index (χ0) is 8.27. The average molecular weight is 210 g/mol. The van der Waals surface area contributed by atoms with Crippen molar-refractivity contribution in [3.05, 3.63) is 40.4 Å². The van der Waals surface area contributed by atoms with Crippen molar-refractivity contribution in [1.29, 1.82) is 0 Å². The molecule has 2 heteroatoms. The van der Waals surface area contributed by atoms with E-state index in [0.29, 0.717) is 11.1 Å². The minimum absolute atomic E-state index is 0.655. The Bertz CT molecular complexity index is 299. The number of aliphatic hydroxyl groups is 1. The summed E-state index contributed by atoms with van der Waals surface area (Å²) in [7, 11) is 0. The number of aliphatic hydroxyl groups excluding tert-OH is 1. The fourth-order valence-corrected chi connectivity index (χ4v) is 1.30. The fraction of sp³-hybridized carbons (Fsp3) is 0. The molecule has 0 aliphatic rings. The third-order valence-electron chi connectivity index (χ3n) is 1.33. The molecule has 0 bridgehead atoms. The summed E-state index contributed by atoms with van der Waals surface area (Å²) in [5.41, 5.74) is 1.33. The molecule has 0 amide bonds. The van der Waals surface area contributed by atoms with Gasteiger partial charge in [0, 0.05) is 15.6 Å². The molecular weight excluding hydrogens is 204 g/mol. The molecule has 0 saturated carbocycles. The molecule has 0 aliphatic heterocycles. The van der Waals surface area contributed by atoms with E-state index >= 15 is 0 Å². The van der Waals surface area contributed by atoms with Gasteiger partial charge in [0.15, 0.2) is 0 Å². The Morgan fingerprint density at radius 3 is 2.73 bits per heavy atom. The van der Waals surface area contributed by atoms with E-state index in [0.717, 1.165) is 11.1 Å². The molecule has 1 rings (SSSR count). The highest BCUT2D eigenvalue weighted by molar-refractivity contribution is 9.10. The Morgan fingerprint density at radius 2 is 2.27 bits per heavy atom. The second kappa shape index (κ2) is 3.56. The van der Waals surface area contributed by atoms with Gasteiger partial charge in [-0.15, -0.1) is 6.42 Å². The Morgan fingerprint density at radius 1 is 1.55 bits per heavy atom. The fourth-order valence-electron chi connectivity index (χ4n) is 0.801. The molecule has 0 aliphatic carbocycles.